The monoisotopic (exact) mass is 563 g/mol. The molecule has 0 radical (unpaired) electrons. The Bertz CT molecular complexity index is 1200. The van der Waals surface area contributed by atoms with E-state index in [0.29, 0.717) is 12.5 Å². The molecular formula is C29H33F4N3O4. The molecule has 3 aliphatic rings. The average molecular weight is 564 g/mol. The maximum Gasteiger partial charge on any atom is 0.490 e. The van der Waals surface area contributed by atoms with Crippen LogP contribution in [0.2, 0.25) is 0 Å². The van der Waals surface area contributed by atoms with Crippen molar-refractivity contribution in [2.75, 3.05) is 26.2 Å². The van der Waals surface area contributed by atoms with Gasteiger partial charge in [0.15, 0.2) is 0 Å². The maximum absolute atomic E-state index is 13.4. The lowest BCUT2D eigenvalue weighted by atomic mass is 9.68. The highest BCUT2D eigenvalue weighted by Gasteiger charge is 2.52. The summed E-state index contributed by atoms with van der Waals surface area (Å²) < 4.78 is 45.1. The fourth-order valence-electron chi connectivity index (χ4n) is 5.90. The Labute approximate surface area is 229 Å². The second-order valence-corrected chi connectivity index (χ2v) is 10.8. The number of carbonyl (C=O) groups is 3. The summed E-state index contributed by atoms with van der Waals surface area (Å²) in [4.78, 5) is 36.8. The average Bonchev–Trinajstić information content (AvgIpc) is 3.66. The highest BCUT2D eigenvalue weighted by atomic mass is 19.4. The van der Waals surface area contributed by atoms with Crippen molar-refractivity contribution in [3.05, 3.63) is 71.5 Å². The van der Waals surface area contributed by atoms with Crippen LogP contribution in [0.15, 0.2) is 54.6 Å². The maximum atomic E-state index is 13.4. The first-order valence-corrected chi connectivity index (χ1v) is 13.3. The van der Waals surface area contributed by atoms with Crippen molar-refractivity contribution < 1.29 is 37.1 Å². The normalized spacial score (nSPS) is 24.4. The number of hydrogen-bond acceptors (Lipinski definition) is 4. The van der Waals surface area contributed by atoms with Crippen molar-refractivity contribution in [1.29, 1.82) is 0 Å². The van der Waals surface area contributed by atoms with E-state index < -0.39 is 17.6 Å². The molecule has 2 aromatic carbocycles. The van der Waals surface area contributed by atoms with E-state index in [1.54, 1.807) is 0 Å². The third kappa shape index (κ3) is 6.80. The third-order valence-corrected chi connectivity index (χ3v) is 8.12. The molecular weight excluding hydrogens is 530 g/mol. The zero-order valence-electron chi connectivity index (χ0n) is 22.1. The number of hydrogen-bond donors (Lipinski definition) is 3. The van der Waals surface area contributed by atoms with Crippen LogP contribution in [0.1, 0.15) is 49.1 Å². The summed E-state index contributed by atoms with van der Waals surface area (Å²) in [5.41, 5.74) is 1.86. The van der Waals surface area contributed by atoms with Crippen LogP contribution in [-0.4, -0.2) is 66.2 Å². The second-order valence-electron chi connectivity index (χ2n) is 10.8. The summed E-state index contributed by atoms with van der Waals surface area (Å²) in [6.45, 7) is 5.10. The van der Waals surface area contributed by atoms with Gasteiger partial charge >= 0.3 is 12.1 Å². The standard InChI is InChI=1S/C27H32FN3O2.C2HF3O2/c1-18(30-25(32)23-15-22(23)19-5-3-2-4-6-19)17-31-13-11-27(12-14-31)24(16-29-26(27)33)20-7-9-21(28)10-8-20;3-2(4,5)1(6)7/h2-10,18,22-24H,11-17H2,1H3,(H,29,33)(H,30,32);(H,6,7)/t18-,22?,23?,24+;/m0./s1. The zero-order valence-corrected chi connectivity index (χ0v) is 22.1. The fourth-order valence-corrected chi connectivity index (χ4v) is 5.90. The summed E-state index contributed by atoms with van der Waals surface area (Å²) in [6, 6.07) is 16.9. The first-order valence-electron chi connectivity index (χ1n) is 13.3. The van der Waals surface area contributed by atoms with Crippen molar-refractivity contribution in [3.8, 4) is 0 Å². The predicted molar refractivity (Wildman–Crippen MR) is 139 cm³/mol. The van der Waals surface area contributed by atoms with E-state index in [1.807, 2.05) is 30.3 Å². The summed E-state index contributed by atoms with van der Waals surface area (Å²) in [7, 11) is 0. The van der Waals surface area contributed by atoms with Crippen LogP contribution in [0.5, 0.6) is 0 Å². The number of likely N-dealkylation sites (tertiary alicyclic amines) is 1. The van der Waals surface area contributed by atoms with Crippen molar-refractivity contribution in [2.45, 2.75) is 50.2 Å². The number of carboxylic acid groups (broad SMARTS) is 1. The molecule has 7 nitrogen and oxygen atoms in total. The van der Waals surface area contributed by atoms with Crippen LogP contribution in [0.4, 0.5) is 17.6 Å². The molecule has 2 saturated heterocycles. The Kier molecular flexibility index (Phi) is 8.82. The molecule has 0 aromatic heterocycles. The van der Waals surface area contributed by atoms with Gasteiger partial charge in [-0.25, -0.2) is 9.18 Å². The van der Waals surface area contributed by atoms with Crippen molar-refractivity contribution in [3.63, 3.8) is 0 Å². The fraction of sp³-hybridized carbons (Fsp3) is 0.483. The van der Waals surface area contributed by atoms with Crippen LogP contribution in [0.25, 0.3) is 0 Å². The molecule has 2 unspecified atom stereocenters. The van der Waals surface area contributed by atoms with E-state index in [0.717, 1.165) is 44.5 Å². The molecule has 3 fully saturated rings. The van der Waals surface area contributed by atoms with E-state index in [-0.39, 0.29) is 35.5 Å². The van der Waals surface area contributed by atoms with E-state index in [4.69, 9.17) is 9.90 Å². The first kappa shape index (κ1) is 29.5. The predicted octanol–water partition coefficient (Wildman–Crippen LogP) is 4.06. The van der Waals surface area contributed by atoms with Gasteiger partial charge in [-0.05, 0) is 68.5 Å². The van der Waals surface area contributed by atoms with Gasteiger partial charge in [0.05, 0.1) is 5.41 Å². The molecule has 40 heavy (non-hydrogen) atoms. The van der Waals surface area contributed by atoms with Gasteiger partial charge in [0, 0.05) is 31.0 Å². The lowest BCUT2D eigenvalue weighted by Crippen LogP contribution is -2.50. The minimum absolute atomic E-state index is 0.0638. The Morgan fingerprint density at radius 1 is 1.07 bits per heavy atom. The Morgan fingerprint density at radius 3 is 2.25 bits per heavy atom. The van der Waals surface area contributed by atoms with Crippen LogP contribution in [0, 0.1) is 17.2 Å². The van der Waals surface area contributed by atoms with Crippen LogP contribution in [-0.2, 0) is 14.4 Å². The van der Waals surface area contributed by atoms with Crippen LogP contribution >= 0.6 is 0 Å². The molecule has 0 bridgehead atoms. The minimum atomic E-state index is -5.08. The number of rotatable bonds is 6. The number of nitrogens with one attached hydrogen (secondary N) is 2. The molecule has 1 aliphatic carbocycles. The highest BCUT2D eigenvalue weighted by Crippen LogP contribution is 2.48. The number of carboxylic acids is 1. The van der Waals surface area contributed by atoms with Crippen molar-refractivity contribution in [2.24, 2.45) is 11.3 Å². The van der Waals surface area contributed by atoms with E-state index in [1.165, 1.54) is 17.7 Å². The summed E-state index contributed by atoms with van der Waals surface area (Å²) >= 11 is 0. The Morgan fingerprint density at radius 2 is 1.68 bits per heavy atom. The minimum Gasteiger partial charge on any atom is -0.475 e. The number of halogens is 4. The molecule has 5 rings (SSSR count). The van der Waals surface area contributed by atoms with Gasteiger partial charge in [0.1, 0.15) is 5.82 Å². The number of carbonyl (C=O) groups excluding carboxylic acids is 2. The van der Waals surface area contributed by atoms with Gasteiger partial charge in [-0.1, -0.05) is 42.5 Å². The molecule has 2 heterocycles. The quantitative estimate of drug-likeness (QED) is 0.461. The molecule has 2 amide bonds. The lowest BCUT2D eigenvalue weighted by molar-refractivity contribution is -0.192. The Balaban J connectivity index is 0.000000470. The molecule has 1 saturated carbocycles. The molecule has 3 N–H and O–H groups in total. The van der Waals surface area contributed by atoms with E-state index in [2.05, 4.69) is 34.6 Å². The number of aliphatic carboxylic acids is 1. The SMILES string of the molecule is C[C@@H](CN1CCC2(CC1)C(=O)NC[C@@H]2c1ccc(F)cc1)NC(=O)C1CC1c1ccccc1.O=C(O)C(F)(F)F. The summed E-state index contributed by atoms with van der Waals surface area (Å²) in [5, 5.41) is 13.4. The molecule has 4 atom stereocenters. The van der Waals surface area contributed by atoms with Gasteiger partial charge < -0.3 is 20.6 Å². The largest absolute Gasteiger partial charge is 0.490 e. The summed E-state index contributed by atoms with van der Waals surface area (Å²) in [6.07, 6.45) is -2.60. The number of alkyl halides is 3. The van der Waals surface area contributed by atoms with Gasteiger partial charge in [-0.3, -0.25) is 9.59 Å². The van der Waals surface area contributed by atoms with Gasteiger partial charge in [-0.2, -0.15) is 13.2 Å². The second kappa shape index (κ2) is 12.0. The third-order valence-electron chi connectivity index (χ3n) is 8.12. The van der Waals surface area contributed by atoms with Gasteiger partial charge in [0.2, 0.25) is 11.8 Å². The number of nitrogens with zero attached hydrogens (tertiary/aromatic N) is 1. The smallest absolute Gasteiger partial charge is 0.475 e. The van der Waals surface area contributed by atoms with E-state index >= 15 is 0 Å². The lowest BCUT2D eigenvalue weighted by Gasteiger charge is -2.41. The number of benzene rings is 2. The van der Waals surface area contributed by atoms with Crippen LogP contribution < -0.4 is 10.6 Å². The molecule has 11 heteroatoms. The molecule has 2 aliphatic heterocycles. The molecule has 2 aromatic rings. The van der Waals surface area contributed by atoms with Gasteiger partial charge in [-0.15, -0.1) is 0 Å². The topological polar surface area (TPSA) is 98.7 Å². The van der Waals surface area contributed by atoms with Crippen molar-refractivity contribution >= 4 is 17.8 Å². The first-order chi connectivity index (χ1) is 18.9. The van der Waals surface area contributed by atoms with Crippen molar-refractivity contribution in [1.82, 2.24) is 15.5 Å². The van der Waals surface area contributed by atoms with Crippen LogP contribution in [0.3, 0.4) is 0 Å². The van der Waals surface area contributed by atoms with E-state index in [9.17, 15) is 27.2 Å². The Hall–Kier alpha value is -3.47. The highest BCUT2D eigenvalue weighted by molar-refractivity contribution is 5.86. The molecule has 1 spiro atoms. The molecule has 216 valence electrons. The van der Waals surface area contributed by atoms with Gasteiger partial charge in [0.25, 0.3) is 0 Å². The zero-order chi connectivity index (χ0) is 29.1. The summed E-state index contributed by atoms with van der Waals surface area (Å²) in [5.74, 6) is -2.23. The number of amides is 2. The number of piperidine rings is 1.